The zero-order valence-corrected chi connectivity index (χ0v) is 12.0. The molecule has 2 atom stereocenters. The van der Waals surface area contributed by atoms with E-state index in [1.807, 2.05) is 13.8 Å². The third-order valence-electron chi connectivity index (χ3n) is 3.19. The Morgan fingerprint density at radius 3 is 2.67 bits per heavy atom. The molecule has 1 aliphatic rings. The van der Waals surface area contributed by atoms with E-state index in [2.05, 4.69) is 4.98 Å². The summed E-state index contributed by atoms with van der Waals surface area (Å²) in [5.41, 5.74) is 0.945. The van der Waals surface area contributed by atoms with Gasteiger partial charge in [-0.2, -0.15) is 0 Å². The minimum absolute atomic E-state index is 0.0162. The molecule has 2 rings (SSSR count). The second-order valence-corrected chi connectivity index (χ2v) is 5.10. The molecule has 1 aliphatic heterocycles. The van der Waals surface area contributed by atoms with Crippen molar-refractivity contribution in [1.82, 2.24) is 9.88 Å². The Balaban J connectivity index is 2.24. The number of carbonyl (C=O) groups excluding carboxylic acids is 1. The molecular formula is C15H18N2O4. The van der Waals surface area contributed by atoms with Crippen molar-refractivity contribution in [3.05, 3.63) is 35.7 Å². The van der Waals surface area contributed by atoms with Crippen molar-refractivity contribution in [1.29, 1.82) is 0 Å². The number of ether oxygens (including phenoxy) is 1. The predicted octanol–water partition coefficient (Wildman–Crippen LogP) is 1.43. The van der Waals surface area contributed by atoms with Gasteiger partial charge < -0.3 is 14.7 Å². The van der Waals surface area contributed by atoms with Crippen LogP contribution in [0, 0.1) is 0 Å². The Hall–Kier alpha value is -2.21. The number of carboxylic acids is 1. The summed E-state index contributed by atoms with van der Waals surface area (Å²) in [6.07, 6.45) is 5.36. The van der Waals surface area contributed by atoms with Crippen molar-refractivity contribution in [2.75, 3.05) is 13.1 Å². The number of carboxylic acid groups (broad SMARTS) is 1. The van der Waals surface area contributed by atoms with Gasteiger partial charge in [-0.1, -0.05) is 0 Å². The molecule has 1 saturated heterocycles. The van der Waals surface area contributed by atoms with Crippen molar-refractivity contribution < 1.29 is 19.4 Å². The van der Waals surface area contributed by atoms with E-state index in [4.69, 9.17) is 9.84 Å². The van der Waals surface area contributed by atoms with E-state index >= 15 is 0 Å². The van der Waals surface area contributed by atoms with Crippen LogP contribution in [0.2, 0.25) is 0 Å². The summed E-state index contributed by atoms with van der Waals surface area (Å²) in [7, 11) is 0. The van der Waals surface area contributed by atoms with Gasteiger partial charge in [0, 0.05) is 42.7 Å². The van der Waals surface area contributed by atoms with Crippen LogP contribution in [0.3, 0.4) is 0 Å². The Bertz CT molecular complexity index is 561. The minimum Gasteiger partial charge on any atom is -0.478 e. The van der Waals surface area contributed by atoms with Crippen LogP contribution in [0.5, 0.6) is 0 Å². The highest BCUT2D eigenvalue weighted by molar-refractivity contribution is 5.98. The lowest BCUT2D eigenvalue weighted by molar-refractivity contribution is -0.131. The van der Waals surface area contributed by atoms with Gasteiger partial charge in [0.2, 0.25) is 0 Å². The maximum Gasteiger partial charge on any atom is 0.328 e. The molecule has 1 amide bonds. The highest BCUT2D eigenvalue weighted by atomic mass is 16.5. The summed E-state index contributed by atoms with van der Waals surface area (Å²) < 4.78 is 5.61. The van der Waals surface area contributed by atoms with Crippen LogP contribution in [0.1, 0.15) is 29.8 Å². The second kappa shape index (κ2) is 6.49. The number of aromatic nitrogens is 1. The first-order valence-corrected chi connectivity index (χ1v) is 6.77. The second-order valence-electron chi connectivity index (χ2n) is 5.10. The highest BCUT2D eigenvalue weighted by Crippen LogP contribution is 2.17. The lowest BCUT2D eigenvalue weighted by Crippen LogP contribution is -2.48. The fourth-order valence-electron chi connectivity index (χ4n) is 2.41. The summed E-state index contributed by atoms with van der Waals surface area (Å²) in [6, 6.07) is 1.61. The lowest BCUT2D eigenvalue weighted by atomic mass is 10.1. The number of morpholine rings is 1. The number of pyridine rings is 1. The molecule has 2 heterocycles. The van der Waals surface area contributed by atoms with Crippen molar-refractivity contribution in [3.63, 3.8) is 0 Å². The molecule has 0 spiro atoms. The molecule has 6 nitrogen and oxygen atoms in total. The van der Waals surface area contributed by atoms with E-state index in [1.54, 1.807) is 11.0 Å². The van der Waals surface area contributed by atoms with Crippen LogP contribution >= 0.6 is 0 Å². The first-order valence-electron chi connectivity index (χ1n) is 6.77. The van der Waals surface area contributed by atoms with Gasteiger partial charge in [0.1, 0.15) is 0 Å². The van der Waals surface area contributed by atoms with Gasteiger partial charge in [-0.05, 0) is 26.0 Å². The number of aliphatic carboxylic acids is 1. The average Bonchev–Trinajstić information content (AvgIpc) is 2.43. The fourth-order valence-corrected chi connectivity index (χ4v) is 2.41. The van der Waals surface area contributed by atoms with Gasteiger partial charge in [0.15, 0.2) is 0 Å². The van der Waals surface area contributed by atoms with Crippen LogP contribution in [-0.2, 0) is 9.53 Å². The molecule has 0 bridgehead atoms. The minimum atomic E-state index is -1.06. The molecule has 6 heteroatoms. The van der Waals surface area contributed by atoms with E-state index in [9.17, 15) is 9.59 Å². The molecule has 0 unspecified atom stereocenters. The molecule has 0 saturated carbocycles. The van der Waals surface area contributed by atoms with Gasteiger partial charge >= 0.3 is 5.97 Å². The molecule has 1 fully saturated rings. The third-order valence-corrected chi connectivity index (χ3v) is 3.19. The van der Waals surface area contributed by atoms with Crippen molar-refractivity contribution in [3.8, 4) is 0 Å². The summed E-state index contributed by atoms with van der Waals surface area (Å²) in [6.45, 7) is 4.89. The van der Waals surface area contributed by atoms with E-state index in [1.165, 1.54) is 18.5 Å². The molecule has 1 aromatic heterocycles. The number of rotatable bonds is 3. The van der Waals surface area contributed by atoms with E-state index in [0.717, 1.165) is 6.08 Å². The Morgan fingerprint density at radius 2 is 2.05 bits per heavy atom. The van der Waals surface area contributed by atoms with Crippen LogP contribution in [0.15, 0.2) is 24.5 Å². The predicted molar refractivity (Wildman–Crippen MR) is 76.8 cm³/mol. The Kier molecular flexibility index (Phi) is 4.70. The van der Waals surface area contributed by atoms with Gasteiger partial charge in [-0.25, -0.2) is 4.79 Å². The molecule has 0 aliphatic carbocycles. The summed E-state index contributed by atoms with van der Waals surface area (Å²) in [5.74, 6) is -1.20. The highest BCUT2D eigenvalue weighted by Gasteiger charge is 2.27. The maximum absolute atomic E-state index is 12.6. The zero-order valence-electron chi connectivity index (χ0n) is 12.0. The summed E-state index contributed by atoms with van der Waals surface area (Å²) >= 11 is 0. The zero-order chi connectivity index (χ0) is 15.4. The summed E-state index contributed by atoms with van der Waals surface area (Å²) in [5, 5.41) is 8.70. The number of hydrogen-bond acceptors (Lipinski definition) is 4. The molecule has 112 valence electrons. The molecule has 1 aromatic rings. The van der Waals surface area contributed by atoms with E-state index in [-0.39, 0.29) is 18.1 Å². The van der Waals surface area contributed by atoms with Gasteiger partial charge in [-0.3, -0.25) is 9.78 Å². The van der Waals surface area contributed by atoms with Gasteiger partial charge in [-0.15, -0.1) is 0 Å². The number of nitrogens with zero attached hydrogens (tertiary/aromatic N) is 2. The normalized spacial score (nSPS) is 22.5. The number of carbonyl (C=O) groups is 2. The molecule has 1 N–H and O–H groups in total. The smallest absolute Gasteiger partial charge is 0.328 e. The summed E-state index contributed by atoms with van der Waals surface area (Å²) in [4.78, 5) is 28.9. The number of amides is 1. The third kappa shape index (κ3) is 3.88. The SMILES string of the molecule is C[C@@H]1CN(C(=O)c2ccncc2/C=C/C(=O)O)C[C@H](C)O1. The first-order chi connectivity index (χ1) is 9.97. The first kappa shape index (κ1) is 15.2. The van der Waals surface area contributed by atoms with Crippen LogP contribution in [0.25, 0.3) is 6.08 Å². The van der Waals surface area contributed by atoms with Gasteiger partial charge in [0.25, 0.3) is 5.91 Å². The molecular weight excluding hydrogens is 272 g/mol. The number of hydrogen-bond donors (Lipinski definition) is 1. The van der Waals surface area contributed by atoms with Crippen LogP contribution < -0.4 is 0 Å². The maximum atomic E-state index is 12.6. The average molecular weight is 290 g/mol. The quantitative estimate of drug-likeness (QED) is 0.852. The molecule has 21 heavy (non-hydrogen) atoms. The topological polar surface area (TPSA) is 79.7 Å². The Labute approximate surface area is 123 Å². The van der Waals surface area contributed by atoms with Crippen LogP contribution in [0.4, 0.5) is 0 Å². The molecule has 0 aromatic carbocycles. The van der Waals surface area contributed by atoms with E-state index in [0.29, 0.717) is 24.2 Å². The fraction of sp³-hybridized carbons (Fsp3) is 0.400. The molecule has 0 radical (unpaired) electrons. The van der Waals surface area contributed by atoms with Crippen LogP contribution in [-0.4, -0.2) is 52.2 Å². The lowest BCUT2D eigenvalue weighted by Gasteiger charge is -2.35. The van der Waals surface area contributed by atoms with Crippen molar-refractivity contribution in [2.24, 2.45) is 0 Å². The monoisotopic (exact) mass is 290 g/mol. The standard InChI is InChI=1S/C15H18N2O4/c1-10-8-17(9-11(2)21-10)15(20)13-5-6-16-7-12(13)3-4-14(18)19/h3-7,10-11H,8-9H2,1-2H3,(H,18,19)/b4-3+/t10-,11+. The van der Waals surface area contributed by atoms with Crippen molar-refractivity contribution in [2.45, 2.75) is 26.1 Å². The van der Waals surface area contributed by atoms with Crippen molar-refractivity contribution >= 4 is 18.0 Å². The van der Waals surface area contributed by atoms with Gasteiger partial charge in [0.05, 0.1) is 12.2 Å². The largest absolute Gasteiger partial charge is 0.478 e. The van der Waals surface area contributed by atoms with E-state index < -0.39 is 5.97 Å². The Morgan fingerprint density at radius 1 is 1.38 bits per heavy atom.